The zero-order valence-electron chi connectivity index (χ0n) is 13.1. The van der Waals surface area contributed by atoms with Gasteiger partial charge in [0.1, 0.15) is 17.0 Å². The molecule has 5 nitrogen and oxygen atoms in total. The van der Waals surface area contributed by atoms with Crippen molar-refractivity contribution in [3.63, 3.8) is 0 Å². The first-order valence-electron chi connectivity index (χ1n) is 7.35. The van der Waals surface area contributed by atoms with Crippen LogP contribution in [0.4, 0.5) is 5.82 Å². The number of carbonyl (C=O) groups excluding carboxylic acids is 1. The summed E-state index contributed by atoms with van der Waals surface area (Å²) in [5.41, 5.74) is 8.22. The number of aromatic nitrogens is 2. The summed E-state index contributed by atoms with van der Waals surface area (Å²) >= 11 is 1.58. The van der Waals surface area contributed by atoms with Crippen molar-refractivity contribution in [1.82, 2.24) is 14.9 Å². The highest BCUT2D eigenvalue weighted by Crippen LogP contribution is 2.40. The van der Waals surface area contributed by atoms with Crippen molar-refractivity contribution in [2.75, 3.05) is 19.8 Å². The second-order valence-electron chi connectivity index (χ2n) is 5.49. The number of nitrogens with two attached hydrogens (primary N) is 1. The van der Waals surface area contributed by atoms with Crippen LogP contribution in [0.3, 0.4) is 0 Å². The van der Waals surface area contributed by atoms with Gasteiger partial charge in [0.25, 0.3) is 0 Å². The lowest BCUT2D eigenvalue weighted by Crippen LogP contribution is -2.21. The van der Waals surface area contributed by atoms with Gasteiger partial charge >= 0.3 is 0 Å². The van der Waals surface area contributed by atoms with Crippen molar-refractivity contribution in [2.24, 2.45) is 0 Å². The number of amides is 1. The van der Waals surface area contributed by atoms with Crippen LogP contribution in [0.25, 0.3) is 21.3 Å². The van der Waals surface area contributed by atoms with Gasteiger partial charge in [0.15, 0.2) is 0 Å². The molecule has 0 saturated carbocycles. The standard InChI is InChI=1S/C17H18N4OS/c1-21(2)13(22)9-8-12-14(11-6-4-3-5-7-11)15-16(18)19-10-20-17(15)23-12/h3-7,10H,8-9H2,1-2H3,(H2,18,19,20). The first-order chi connectivity index (χ1) is 11.1. The zero-order valence-corrected chi connectivity index (χ0v) is 13.9. The third-order valence-electron chi connectivity index (χ3n) is 3.72. The summed E-state index contributed by atoms with van der Waals surface area (Å²) in [5.74, 6) is 0.593. The second kappa shape index (κ2) is 6.34. The number of nitrogens with zero attached hydrogens (tertiary/aromatic N) is 3. The molecule has 6 heteroatoms. The first kappa shape index (κ1) is 15.4. The largest absolute Gasteiger partial charge is 0.383 e. The molecule has 23 heavy (non-hydrogen) atoms. The molecule has 0 aliphatic rings. The average molecular weight is 326 g/mol. The Hall–Kier alpha value is -2.47. The Bertz CT molecular complexity index is 842. The number of nitrogen functional groups attached to an aromatic ring is 1. The Morgan fingerprint density at radius 1 is 1.22 bits per heavy atom. The summed E-state index contributed by atoms with van der Waals surface area (Å²) in [4.78, 5) is 24.0. The topological polar surface area (TPSA) is 72.1 Å². The Kier molecular flexibility index (Phi) is 4.25. The molecular formula is C17H18N4OS. The van der Waals surface area contributed by atoms with E-state index in [9.17, 15) is 4.79 Å². The molecule has 0 spiro atoms. The summed E-state index contributed by atoms with van der Waals surface area (Å²) in [6, 6.07) is 10.1. The van der Waals surface area contributed by atoms with E-state index < -0.39 is 0 Å². The minimum absolute atomic E-state index is 0.112. The first-order valence-corrected chi connectivity index (χ1v) is 8.17. The normalized spacial score (nSPS) is 10.9. The van der Waals surface area contributed by atoms with Gasteiger partial charge in [-0.25, -0.2) is 9.97 Å². The number of carbonyl (C=O) groups is 1. The SMILES string of the molecule is CN(C)C(=O)CCc1sc2ncnc(N)c2c1-c1ccccc1. The van der Waals surface area contributed by atoms with Gasteiger partial charge in [-0.1, -0.05) is 30.3 Å². The maximum Gasteiger partial charge on any atom is 0.222 e. The van der Waals surface area contributed by atoms with Crippen LogP contribution in [0, 0.1) is 0 Å². The molecule has 0 atom stereocenters. The third kappa shape index (κ3) is 3.03. The van der Waals surface area contributed by atoms with Crippen LogP contribution in [0.5, 0.6) is 0 Å². The Balaban J connectivity index is 2.10. The molecular weight excluding hydrogens is 308 g/mol. The molecule has 2 N–H and O–H groups in total. The number of thiophene rings is 1. The maximum atomic E-state index is 11.9. The van der Waals surface area contributed by atoms with Crippen molar-refractivity contribution in [1.29, 1.82) is 0 Å². The van der Waals surface area contributed by atoms with E-state index in [1.165, 1.54) is 6.33 Å². The lowest BCUT2D eigenvalue weighted by Gasteiger charge is -2.10. The van der Waals surface area contributed by atoms with Crippen molar-refractivity contribution < 1.29 is 4.79 Å². The van der Waals surface area contributed by atoms with Crippen LogP contribution >= 0.6 is 11.3 Å². The van der Waals surface area contributed by atoms with Crippen molar-refractivity contribution in [3.05, 3.63) is 41.5 Å². The van der Waals surface area contributed by atoms with E-state index in [-0.39, 0.29) is 5.91 Å². The minimum Gasteiger partial charge on any atom is -0.383 e. The number of anilines is 1. The quantitative estimate of drug-likeness (QED) is 0.800. The van der Waals surface area contributed by atoms with Gasteiger partial charge in [0.2, 0.25) is 5.91 Å². The predicted octanol–water partition coefficient (Wildman–Crippen LogP) is 2.96. The molecule has 1 aromatic carbocycles. The number of benzene rings is 1. The summed E-state index contributed by atoms with van der Waals surface area (Å²) in [7, 11) is 3.55. The van der Waals surface area contributed by atoms with Gasteiger partial charge in [0.05, 0.1) is 5.39 Å². The number of hydrogen-bond donors (Lipinski definition) is 1. The molecule has 1 amide bonds. The molecule has 0 aliphatic carbocycles. The van der Waals surface area contributed by atoms with Crippen LogP contribution in [0.2, 0.25) is 0 Å². The van der Waals surface area contributed by atoms with Crippen LogP contribution < -0.4 is 5.73 Å². The summed E-state index contributed by atoms with van der Waals surface area (Å²) in [6.45, 7) is 0. The third-order valence-corrected chi connectivity index (χ3v) is 4.88. The van der Waals surface area contributed by atoms with E-state index in [0.717, 1.165) is 26.2 Å². The van der Waals surface area contributed by atoms with E-state index in [2.05, 4.69) is 9.97 Å². The van der Waals surface area contributed by atoms with E-state index in [4.69, 9.17) is 5.73 Å². The second-order valence-corrected chi connectivity index (χ2v) is 6.58. The number of rotatable bonds is 4. The lowest BCUT2D eigenvalue weighted by molar-refractivity contribution is -0.128. The highest BCUT2D eigenvalue weighted by molar-refractivity contribution is 7.19. The highest BCUT2D eigenvalue weighted by Gasteiger charge is 2.18. The molecule has 3 aromatic rings. The molecule has 0 bridgehead atoms. The maximum absolute atomic E-state index is 11.9. The Morgan fingerprint density at radius 3 is 2.65 bits per heavy atom. The van der Waals surface area contributed by atoms with Crippen LogP contribution in [0.15, 0.2) is 36.7 Å². The lowest BCUT2D eigenvalue weighted by atomic mass is 10.0. The smallest absolute Gasteiger partial charge is 0.222 e. The van der Waals surface area contributed by atoms with Gasteiger partial charge in [-0.05, 0) is 12.0 Å². The number of aryl methyl sites for hydroxylation is 1. The molecule has 0 fully saturated rings. The van der Waals surface area contributed by atoms with Crippen LogP contribution in [-0.4, -0.2) is 34.9 Å². The fraction of sp³-hybridized carbons (Fsp3) is 0.235. The van der Waals surface area contributed by atoms with E-state index >= 15 is 0 Å². The van der Waals surface area contributed by atoms with E-state index in [1.807, 2.05) is 30.3 Å². The molecule has 0 aliphatic heterocycles. The van der Waals surface area contributed by atoms with Gasteiger partial charge in [-0.2, -0.15) is 0 Å². The van der Waals surface area contributed by atoms with Crippen molar-refractivity contribution in [2.45, 2.75) is 12.8 Å². The van der Waals surface area contributed by atoms with Crippen LogP contribution in [-0.2, 0) is 11.2 Å². The molecule has 0 radical (unpaired) electrons. The monoisotopic (exact) mass is 326 g/mol. The van der Waals surface area contributed by atoms with E-state index in [0.29, 0.717) is 18.7 Å². The molecule has 2 aromatic heterocycles. The fourth-order valence-electron chi connectivity index (χ4n) is 2.53. The summed E-state index contributed by atoms with van der Waals surface area (Å²) in [5, 5.41) is 0.885. The Morgan fingerprint density at radius 2 is 1.96 bits per heavy atom. The number of fused-ring (bicyclic) bond motifs is 1. The summed E-state index contributed by atoms with van der Waals surface area (Å²) in [6.07, 6.45) is 2.62. The molecule has 118 valence electrons. The molecule has 3 rings (SSSR count). The molecule has 0 unspecified atom stereocenters. The Labute approximate surface area is 138 Å². The fourth-order valence-corrected chi connectivity index (χ4v) is 3.70. The van der Waals surface area contributed by atoms with Crippen molar-refractivity contribution >= 4 is 33.3 Å². The summed E-state index contributed by atoms with van der Waals surface area (Å²) < 4.78 is 0. The average Bonchev–Trinajstić information content (AvgIpc) is 2.93. The van der Waals surface area contributed by atoms with Crippen LogP contribution in [0.1, 0.15) is 11.3 Å². The van der Waals surface area contributed by atoms with Gasteiger partial charge < -0.3 is 10.6 Å². The zero-order chi connectivity index (χ0) is 16.4. The van der Waals surface area contributed by atoms with E-state index in [1.54, 1.807) is 30.3 Å². The van der Waals surface area contributed by atoms with Gasteiger partial charge in [-0.15, -0.1) is 11.3 Å². The molecule has 2 heterocycles. The van der Waals surface area contributed by atoms with Gasteiger partial charge in [-0.3, -0.25) is 4.79 Å². The molecule has 0 saturated heterocycles. The van der Waals surface area contributed by atoms with Gasteiger partial charge in [0, 0.05) is 31.0 Å². The minimum atomic E-state index is 0.112. The number of hydrogen-bond acceptors (Lipinski definition) is 5. The van der Waals surface area contributed by atoms with Crippen molar-refractivity contribution in [3.8, 4) is 11.1 Å². The highest BCUT2D eigenvalue weighted by atomic mass is 32.1. The predicted molar refractivity (Wildman–Crippen MR) is 94.3 cm³/mol.